The molecule has 2 aromatic carbocycles. The number of carbonyl (C=O) groups is 1. The quantitative estimate of drug-likeness (QED) is 0.504. The minimum Gasteiger partial charge on any atom is -0.493 e. The zero-order valence-corrected chi connectivity index (χ0v) is 18.0. The van der Waals surface area contributed by atoms with Gasteiger partial charge >= 0.3 is 0 Å². The van der Waals surface area contributed by atoms with Gasteiger partial charge in [-0.1, -0.05) is 12.1 Å². The molecular formula is C24H24N4O4. The molecule has 5 rings (SSSR count). The standard InChI is InChI=1S/C24H24N4O4/c1-30-19-10-9-16(12-20(19)31-2)27-24(29)15-6-5-11-28(13-15)23-22-21(25-14-26-23)17-7-3-4-8-18(17)32-22/h3-4,7-10,12,14-15H,5-6,11,13H2,1-2H3,(H,27,29)/t15-/m0/s1. The van der Waals surface area contributed by atoms with Crippen molar-refractivity contribution in [3.05, 3.63) is 48.8 Å². The fraction of sp³-hybridized carbons (Fsp3) is 0.292. The summed E-state index contributed by atoms with van der Waals surface area (Å²) in [7, 11) is 3.15. The van der Waals surface area contributed by atoms with Gasteiger partial charge in [-0.25, -0.2) is 9.97 Å². The summed E-state index contributed by atoms with van der Waals surface area (Å²) in [5.41, 5.74) is 2.91. The molecule has 1 N–H and O–H groups in total. The Balaban J connectivity index is 1.37. The van der Waals surface area contributed by atoms with Crippen molar-refractivity contribution in [2.75, 3.05) is 37.5 Å². The van der Waals surface area contributed by atoms with E-state index >= 15 is 0 Å². The number of aromatic nitrogens is 2. The van der Waals surface area contributed by atoms with E-state index in [1.807, 2.05) is 30.3 Å². The van der Waals surface area contributed by atoms with Gasteiger partial charge in [0.15, 0.2) is 22.9 Å². The summed E-state index contributed by atoms with van der Waals surface area (Å²) in [6.07, 6.45) is 3.26. The molecule has 0 spiro atoms. The summed E-state index contributed by atoms with van der Waals surface area (Å²) in [6, 6.07) is 13.2. The number of carbonyl (C=O) groups excluding carboxylic acids is 1. The lowest BCUT2D eigenvalue weighted by Gasteiger charge is -2.32. The van der Waals surface area contributed by atoms with Gasteiger partial charge in [0.25, 0.3) is 0 Å². The van der Waals surface area contributed by atoms with Gasteiger partial charge in [-0.2, -0.15) is 0 Å². The fourth-order valence-corrected chi connectivity index (χ4v) is 4.28. The van der Waals surface area contributed by atoms with Crippen molar-refractivity contribution < 1.29 is 18.7 Å². The van der Waals surface area contributed by atoms with E-state index in [-0.39, 0.29) is 11.8 Å². The van der Waals surface area contributed by atoms with Crippen LogP contribution in [0.5, 0.6) is 11.5 Å². The van der Waals surface area contributed by atoms with E-state index in [1.54, 1.807) is 32.7 Å². The molecule has 164 valence electrons. The smallest absolute Gasteiger partial charge is 0.229 e. The predicted molar refractivity (Wildman–Crippen MR) is 122 cm³/mol. The lowest BCUT2D eigenvalue weighted by molar-refractivity contribution is -0.120. The van der Waals surface area contributed by atoms with Crippen LogP contribution in [0.25, 0.3) is 22.1 Å². The van der Waals surface area contributed by atoms with Gasteiger partial charge in [0.2, 0.25) is 5.91 Å². The number of anilines is 2. The topological polar surface area (TPSA) is 89.7 Å². The molecule has 0 bridgehead atoms. The highest BCUT2D eigenvalue weighted by molar-refractivity contribution is 6.05. The van der Waals surface area contributed by atoms with E-state index in [4.69, 9.17) is 13.9 Å². The number of fused-ring (bicyclic) bond motifs is 3. The number of hydrogen-bond acceptors (Lipinski definition) is 7. The number of ether oxygens (including phenoxy) is 2. The molecule has 4 aromatic rings. The first-order chi connectivity index (χ1) is 15.7. The van der Waals surface area contributed by atoms with Crippen molar-refractivity contribution in [2.45, 2.75) is 12.8 Å². The van der Waals surface area contributed by atoms with Gasteiger partial charge in [-0.05, 0) is 37.1 Å². The van der Waals surface area contributed by atoms with E-state index in [2.05, 4.69) is 20.2 Å². The molecule has 1 atom stereocenters. The van der Waals surface area contributed by atoms with E-state index in [0.717, 1.165) is 41.7 Å². The number of para-hydroxylation sites is 1. The van der Waals surface area contributed by atoms with Crippen LogP contribution in [-0.2, 0) is 4.79 Å². The van der Waals surface area contributed by atoms with Crippen molar-refractivity contribution in [1.82, 2.24) is 9.97 Å². The molecule has 2 aromatic heterocycles. The number of amides is 1. The summed E-state index contributed by atoms with van der Waals surface area (Å²) in [6.45, 7) is 1.37. The highest BCUT2D eigenvalue weighted by atomic mass is 16.5. The van der Waals surface area contributed by atoms with Crippen LogP contribution in [0.15, 0.2) is 53.2 Å². The molecule has 0 unspecified atom stereocenters. The maximum atomic E-state index is 13.0. The van der Waals surface area contributed by atoms with Crippen molar-refractivity contribution in [1.29, 1.82) is 0 Å². The van der Waals surface area contributed by atoms with Crippen LogP contribution in [0.1, 0.15) is 12.8 Å². The summed E-state index contributed by atoms with van der Waals surface area (Å²) < 4.78 is 16.7. The average Bonchev–Trinajstić information content (AvgIpc) is 3.23. The molecule has 0 aliphatic carbocycles. The Morgan fingerprint density at radius 2 is 1.97 bits per heavy atom. The zero-order valence-electron chi connectivity index (χ0n) is 18.0. The summed E-state index contributed by atoms with van der Waals surface area (Å²) in [5.74, 6) is 1.72. The lowest BCUT2D eigenvalue weighted by atomic mass is 9.97. The number of piperidine rings is 1. The summed E-state index contributed by atoms with van der Waals surface area (Å²) in [5, 5.41) is 3.97. The van der Waals surface area contributed by atoms with E-state index in [9.17, 15) is 4.79 Å². The van der Waals surface area contributed by atoms with Gasteiger partial charge in [0, 0.05) is 30.2 Å². The molecule has 0 radical (unpaired) electrons. The molecule has 32 heavy (non-hydrogen) atoms. The Bertz CT molecular complexity index is 1290. The Labute approximate surface area is 185 Å². The third-order valence-corrected chi connectivity index (χ3v) is 5.88. The van der Waals surface area contributed by atoms with Gasteiger partial charge in [0.05, 0.1) is 20.1 Å². The van der Waals surface area contributed by atoms with Gasteiger partial charge in [-0.3, -0.25) is 4.79 Å². The van der Waals surface area contributed by atoms with Gasteiger partial charge in [-0.15, -0.1) is 0 Å². The monoisotopic (exact) mass is 432 g/mol. The number of benzene rings is 2. The van der Waals surface area contributed by atoms with Crippen LogP contribution in [0.2, 0.25) is 0 Å². The SMILES string of the molecule is COc1ccc(NC(=O)[C@H]2CCCN(c3ncnc4c3oc3ccccc34)C2)cc1OC. The van der Waals surface area contributed by atoms with Crippen LogP contribution in [-0.4, -0.2) is 43.2 Å². The first-order valence-electron chi connectivity index (χ1n) is 10.6. The fourth-order valence-electron chi connectivity index (χ4n) is 4.28. The number of methoxy groups -OCH3 is 2. The minimum atomic E-state index is -0.175. The lowest BCUT2D eigenvalue weighted by Crippen LogP contribution is -2.41. The number of nitrogens with zero attached hydrogens (tertiary/aromatic N) is 3. The maximum absolute atomic E-state index is 13.0. The van der Waals surface area contributed by atoms with Crippen LogP contribution in [0.3, 0.4) is 0 Å². The molecule has 1 saturated heterocycles. The van der Waals surface area contributed by atoms with Crippen LogP contribution >= 0.6 is 0 Å². The molecule has 3 heterocycles. The number of nitrogens with one attached hydrogen (secondary N) is 1. The molecule has 1 fully saturated rings. The summed E-state index contributed by atoms with van der Waals surface area (Å²) >= 11 is 0. The minimum absolute atomic E-state index is 0.0307. The normalized spacial score (nSPS) is 16.3. The Morgan fingerprint density at radius 3 is 2.81 bits per heavy atom. The number of furan rings is 1. The second-order valence-electron chi connectivity index (χ2n) is 7.82. The van der Waals surface area contributed by atoms with E-state index in [0.29, 0.717) is 29.3 Å². The van der Waals surface area contributed by atoms with E-state index < -0.39 is 0 Å². The second kappa shape index (κ2) is 8.37. The molecule has 1 aliphatic rings. The van der Waals surface area contributed by atoms with Crippen molar-refractivity contribution in [2.24, 2.45) is 5.92 Å². The Hall–Kier alpha value is -3.81. The third kappa shape index (κ3) is 3.57. The molecule has 1 amide bonds. The average molecular weight is 432 g/mol. The van der Waals surface area contributed by atoms with Crippen molar-refractivity contribution >= 4 is 39.5 Å². The summed E-state index contributed by atoms with van der Waals surface area (Å²) in [4.78, 5) is 24.1. The third-order valence-electron chi connectivity index (χ3n) is 5.88. The number of hydrogen-bond donors (Lipinski definition) is 1. The molecule has 8 heteroatoms. The van der Waals surface area contributed by atoms with Crippen LogP contribution in [0, 0.1) is 5.92 Å². The highest BCUT2D eigenvalue weighted by Crippen LogP contribution is 2.34. The van der Waals surface area contributed by atoms with Crippen molar-refractivity contribution in [3.63, 3.8) is 0 Å². The first-order valence-corrected chi connectivity index (χ1v) is 10.6. The number of rotatable bonds is 5. The van der Waals surface area contributed by atoms with Gasteiger partial charge in [0.1, 0.15) is 17.4 Å². The molecule has 1 aliphatic heterocycles. The van der Waals surface area contributed by atoms with Crippen molar-refractivity contribution in [3.8, 4) is 11.5 Å². The largest absolute Gasteiger partial charge is 0.493 e. The maximum Gasteiger partial charge on any atom is 0.229 e. The molecule has 0 saturated carbocycles. The molecule has 8 nitrogen and oxygen atoms in total. The van der Waals surface area contributed by atoms with Gasteiger partial charge < -0.3 is 24.1 Å². The van der Waals surface area contributed by atoms with E-state index in [1.165, 1.54) is 0 Å². The highest BCUT2D eigenvalue weighted by Gasteiger charge is 2.29. The first kappa shape index (κ1) is 20.1. The Morgan fingerprint density at radius 1 is 1.12 bits per heavy atom. The Kier molecular flexibility index (Phi) is 5.26. The second-order valence-corrected chi connectivity index (χ2v) is 7.82. The van der Waals surface area contributed by atoms with Crippen LogP contribution < -0.4 is 19.7 Å². The zero-order chi connectivity index (χ0) is 22.1. The molecular weight excluding hydrogens is 408 g/mol. The predicted octanol–water partition coefficient (Wildman–Crippen LogP) is 4.25. The van der Waals surface area contributed by atoms with Crippen LogP contribution in [0.4, 0.5) is 11.5 Å².